The second-order valence-electron chi connectivity index (χ2n) is 4.82. The average molecular weight is 243 g/mol. The number of ether oxygens (including phenoxy) is 1. The topological polar surface area (TPSA) is 34.4 Å². The largest absolute Gasteiger partial charge is 0.488 e. The number of hydrogen-bond donors (Lipinski definition) is 1. The summed E-state index contributed by atoms with van der Waals surface area (Å²) in [6.45, 7) is 3.80. The van der Waals surface area contributed by atoms with Gasteiger partial charge in [0.05, 0.1) is 12.5 Å². The SMILES string of the molecule is Cc1ccc2c(c1)CC(CNCc1ccoc1)O2. The fourth-order valence-electron chi connectivity index (χ4n) is 2.33. The molecule has 2 heterocycles. The lowest BCUT2D eigenvalue weighted by Gasteiger charge is -2.11. The van der Waals surface area contributed by atoms with Crippen molar-refractivity contribution in [2.75, 3.05) is 6.54 Å². The first kappa shape index (κ1) is 11.4. The lowest BCUT2D eigenvalue weighted by atomic mass is 10.1. The molecule has 1 aliphatic rings. The Hall–Kier alpha value is -1.74. The maximum Gasteiger partial charge on any atom is 0.123 e. The third kappa shape index (κ3) is 2.41. The summed E-state index contributed by atoms with van der Waals surface area (Å²) >= 11 is 0. The van der Waals surface area contributed by atoms with Gasteiger partial charge in [-0.15, -0.1) is 0 Å². The van der Waals surface area contributed by atoms with Gasteiger partial charge in [-0.2, -0.15) is 0 Å². The summed E-state index contributed by atoms with van der Waals surface area (Å²) in [6.07, 6.45) is 4.70. The fraction of sp³-hybridized carbons (Fsp3) is 0.333. The molecule has 3 heteroatoms. The van der Waals surface area contributed by atoms with E-state index in [2.05, 4.69) is 30.4 Å². The van der Waals surface area contributed by atoms with Gasteiger partial charge in [0.1, 0.15) is 11.9 Å². The molecule has 1 N–H and O–H groups in total. The van der Waals surface area contributed by atoms with Crippen molar-refractivity contribution in [3.63, 3.8) is 0 Å². The van der Waals surface area contributed by atoms with Crippen molar-refractivity contribution in [1.29, 1.82) is 0 Å². The van der Waals surface area contributed by atoms with Crippen molar-refractivity contribution >= 4 is 0 Å². The molecule has 0 spiro atoms. The van der Waals surface area contributed by atoms with Crippen molar-refractivity contribution in [2.24, 2.45) is 0 Å². The molecule has 0 aliphatic carbocycles. The van der Waals surface area contributed by atoms with Gasteiger partial charge in [0.15, 0.2) is 0 Å². The van der Waals surface area contributed by atoms with Crippen LogP contribution in [0.4, 0.5) is 0 Å². The lowest BCUT2D eigenvalue weighted by Crippen LogP contribution is -2.29. The summed E-state index contributed by atoms with van der Waals surface area (Å²) in [5, 5.41) is 3.39. The van der Waals surface area contributed by atoms with Crippen LogP contribution in [0, 0.1) is 6.92 Å². The van der Waals surface area contributed by atoms with Crippen molar-refractivity contribution in [3.05, 3.63) is 53.5 Å². The molecule has 18 heavy (non-hydrogen) atoms. The van der Waals surface area contributed by atoms with E-state index in [9.17, 15) is 0 Å². The van der Waals surface area contributed by atoms with Crippen LogP contribution in [0.2, 0.25) is 0 Å². The van der Waals surface area contributed by atoms with Crippen molar-refractivity contribution in [1.82, 2.24) is 5.32 Å². The quantitative estimate of drug-likeness (QED) is 0.896. The maximum absolute atomic E-state index is 5.90. The zero-order valence-corrected chi connectivity index (χ0v) is 10.5. The molecule has 3 nitrogen and oxygen atoms in total. The number of furan rings is 1. The molecule has 1 aliphatic heterocycles. The molecular formula is C15H17NO2. The molecule has 3 rings (SSSR count). The van der Waals surface area contributed by atoms with E-state index >= 15 is 0 Å². The van der Waals surface area contributed by atoms with Crippen LogP contribution < -0.4 is 10.1 Å². The molecule has 0 radical (unpaired) electrons. The number of rotatable bonds is 4. The van der Waals surface area contributed by atoms with Crippen LogP contribution >= 0.6 is 0 Å². The summed E-state index contributed by atoms with van der Waals surface area (Å²) in [5.74, 6) is 1.04. The smallest absolute Gasteiger partial charge is 0.123 e. The summed E-state index contributed by atoms with van der Waals surface area (Å²) in [7, 11) is 0. The van der Waals surface area contributed by atoms with Gasteiger partial charge in [-0.05, 0) is 24.6 Å². The molecule has 0 saturated heterocycles. The van der Waals surface area contributed by atoms with E-state index in [-0.39, 0.29) is 6.10 Å². The first-order chi connectivity index (χ1) is 8.81. The van der Waals surface area contributed by atoms with E-state index in [1.54, 1.807) is 12.5 Å². The molecule has 1 aromatic carbocycles. The molecular weight excluding hydrogens is 226 g/mol. The average Bonchev–Trinajstić information content (AvgIpc) is 2.97. The molecule has 1 aromatic heterocycles. The zero-order chi connectivity index (χ0) is 12.4. The van der Waals surface area contributed by atoms with Crippen LogP contribution in [0.15, 0.2) is 41.2 Å². The lowest BCUT2D eigenvalue weighted by molar-refractivity contribution is 0.227. The van der Waals surface area contributed by atoms with Crippen molar-refractivity contribution in [3.8, 4) is 5.75 Å². The van der Waals surface area contributed by atoms with Gasteiger partial charge >= 0.3 is 0 Å². The number of benzene rings is 1. The molecule has 94 valence electrons. The zero-order valence-electron chi connectivity index (χ0n) is 10.5. The van der Waals surface area contributed by atoms with Gasteiger partial charge in [-0.3, -0.25) is 0 Å². The summed E-state index contributed by atoms with van der Waals surface area (Å²) in [6, 6.07) is 8.35. The number of hydrogen-bond acceptors (Lipinski definition) is 3. The van der Waals surface area contributed by atoms with Crippen molar-refractivity contribution in [2.45, 2.75) is 26.0 Å². The van der Waals surface area contributed by atoms with Crippen LogP contribution in [0.5, 0.6) is 5.75 Å². The molecule has 0 amide bonds. The van der Waals surface area contributed by atoms with Gasteiger partial charge in [-0.25, -0.2) is 0 Å². The third-order valence-electron chi connectivity index (χ3n) is 3.24. The Morgan fingerprint density at radius 3 is 3.11 bits per heavy atom. The standard InChI is InChI=1S/C15H17NO2/c1-11-2-3-15-13(6-11)7-14(18-15)9-16-8-12-4-5-17-10-12/h2-6,10,14,16H,7-9H2,1H3. The first-order valence-electron chi connectivity index (χ1n) is 6.29. The fourth-order valence-corrected chi connectivity index (χ4v) is 2.33. The monoisotopic (exact) mass is 243 g/mol. The molecule has 2 aromatic rings. The van der Waals surface area contributed by atoms with E-state index < -0.39 is 0 Å². The Morgan fingerprint density at radius 1 is 1.33 bits per heavy atom. The predicted octanol–water partition coefficient (Wildman–Crippen LogP) is 2.68. The van der Waals surface area contributed by atoms with E-state index in [0.717, 1.165) is 25.3 Å². The van der Waals surface area contributed by atoms with Gasteiger partial charge in [0, 0.05) is 25.1 Å². The Kier molecular flexibility index (Phi) is 3.07. The Bertz CT molecular complexity index is 519. The summed E-state index contributed by atoms with van der Waals surface area (Å²) in [4.78, 5) is 0. The predicted molar refractivity (Wildman–Crippen MR) is 69.7 cm³/mol. The van der Waals surface area contributed by atoms with Crippen LogP contribution in [0.1, 0.15) is 16.7 Å². The van der Waals surface area contributed by atoms with E-state index in [0.29, 0.717) is 0 Å². The highest BCUT2D eigenvalue weighted by atomic mass is 16.5. The molecule has 1 unspecified atom stereocenters. The second kappa shape index (κ2) is 4.86. The highest BCUT2D eigenvalue weighted by Crippen LogP contribution is 2.29. The summed E-state index contributed by atoms with van der Waals surface area (Å²) in [5.41, 5.74) is 3.79. The Labute approximate surface area is 107 Å². The van der Waals surface area contributed by atoms with E-state index in [1.165, 1.54) is 16.7 Å². The molecule has 1 atom stereocenters. The van der Waals surface area contributed by atoms with Gasteiger partial charge in [0.2, 0.25) is 0 Å². The molecule has 0 fully saturated rings. The van der Waals surface area contributed by atoms with Crippen LogP contribution in [-0.4, -0.2) is 12.6 Å². The number of fused-ring (bicyclic) bond motifs is 1. The second-order valence-corrected chi connectivity index (χ2v) is 4.82. The van der Waals surface area contributed by atoms with Crippen molar-refractivity contribution < 1.29 is 9.15 Å². The Balaban J connectivity index is 1.52. The minimum absolute atomic E-state index is 0.244. The maximum atomic E-state index is 5.90. The highest BCUT2D eigenvalue weighted by Gasteiger charge is 2.22. The number of aryl methyl sites for hydroxylation is 1. The first-order valence-corrected chi connectivity index (χ1v) is 6.29. The molecule has 0 saturated carbocycles. The van der Waals surface area contributed by atoms with Crippen LogP contribution in [0.25, 0.3) is 0 Å². The summed E-state index contributed by atoms with van der Waals surface area (Å²) < 4.78 is 10.9. The van der Waals surface area contributed by atoms with E-state index in [4.69, 9.17) is 9.15 Å². The highest BCUT2D eigenvalue weighted by molar-refractivity contribution is 5.40. The Morgan fingerprint density at radius 2 is 2.28 bits per heavy atom. The van der Waals surface area contributed by atoms with Gasteiger partial charge in [-0.1, -0.05) is 17.7 Å². The minimum Gasteiger partial charge on any atom is -0.488 e. The third-order valence-corrected chi connectivity index (χ3v) is 3.24. The van der Waals surface area contributed by atoms with Crippen LogP contribution in [0.3, 0.4) is 0 Å². The minimum atomic E-state index is 0.244. The van der Waals surface area contributed by atoms with Gasteiger partial charge in [0.25, 0.3) is 0 Å². The van der Waals surface area contributed by atoms with E-state index in [1.807, 2.05) is 6.07 Å². The number of nitrogens with one attached hydrogen (secondary N) is 1. The normalized spacial score (nSPS) is 17.5. The van der Waals surface area contributed by atoms with Crippen LogP contribution in [-0.2, 0) is 13.0 Å². The van der Waals surface area contributed by atoms with Gasteiger partial charge < -0.3 is 14.5 Å². The molecule has 0 bridgehead atoms.